The quantitative estimate of drug-likeness (QED) is 0.139. The van der Waals surface area contributed by atoms with Crippen LogP contribution in [0.2, 0.25) is 0 Å². The Hall–Kier alpha value is -6.30. The van der Waals surface area contributed by atoms with Crippen LogP contribution in [0.3, 0.4) is 0 Å². The molecule has 6 aliphatic rings. The standard InChI is InChI=1S/C27H30N2O4.C26H28N2O4/c1-33-25(31)17-16-24(30)28(19-14-15-19)26-20-10-5-6-12-22(20)29(23-13-7-11-21(23)26)27(32)18-8-3-2-4-9-18;29-23(15-16-24(30)31)27(18-13-14-18)25-19-9-4-5-11-21(19)28(22-12-6-10-20(22)25)26(32)17-7-2-1-3-8-17/h2-6,8-10,12,19,21,23,26H,7,11,13-17H2,1H3;1-5,7-9,11,18,20,22,25H,6,10,12-16H2,(H,30,31). The molecule has 4 aromatic carbocycles. The highest BCUT2D eigenvalue weighted by Gasteiger charge is 2.53. The Balaban J connectivity index is 0.000000164. The fraction of sp³-hybridized carbons (Fsp3) is 0.434. The zero-order valence-electron chi connectivity index (χ0n) is 37.0. The average molecular weight is 879 g/mol. The molecule has 4 amide bonds. The Kier molecular flexibility index (Phi) is 12.9. The van der Waals surface area contributed by atoms with E-state index in [1.54, 1.807) is 0 Å². The summed E-state index contributed by atoms with van der Waals surface area (Å²) in [6.45, 7) is 0. The number of amides is 4. The molecule has 4 aliphatic carbocycles. The fourth-order valence-corrected chi connectivity index (χ4v) is 11.4. The number of carboxylic acid groups (broad SMARTS) is 1. The number of carbonyl (C=O) groups excluding carboxylic acids is 5. The molecule has 0 aromatic heterocycles. The number of fused-ring (bicyclic) bond motifs is 4. The van der Waals surface area contributed by atoms with Crippen LogP contribution in [0.1, 0.15) is 134 Å². The van der Waals surface area contributed by atoms with E-state index in [0.717, 1.165) is 86.7 Å². The highest BCUT2D eigenvalue weighted by molar-refractivity contribution is 6.08. The van der Waals surface area contributed by atoms with E-state index < -0.39 is 5.97 Å². The zero-order chi connectivity index (χ0) is 45.2. The number of benzene rings is 4. The molecule has 12 heteroatoms. The van der Waals surface area contributed by atoms with Gasteiger partial charge in [0.05, 0.1) is 32.0 Å². The number of aliphatic carboxylic acids is 1. The second-order valence-electron chi connectivity index (χ2n) is 18.4. The molecule has 0 bridgehead atoms. The van der Waals surface area contributed by atoms with Gasteiger partial charge in [0.2, 0.25) is 11.8 Å². The highest BCUT2D eigenvalue weighted by atomic mass is 16.5. The summed E-state index contributed by atoms with van der Waals surface area (Å²) in [5.74, 6) is -1.00. The van der Waals surface area contributed by atoms with Gasteiger partial charge >= 0.3 is 11.9 Å². The van der Waals surface area contributed by atoms with E-state index in [1.807, 2.05) is 118 Å². The summed E-state index contributed by atoms with van der Waals surface area (Å²) in [5.41, 5.74) is 5.20. The van der Waals surface area contributed by atoms with Gasteiger partial charge in [0.25, 0.3) is 11.8 Å². The van der Waals surface area contributed by atoms with Crippen LogP contribution in [-0.4, -0.2) is 81.8 Å². The predicted octanol–water partition coefficient (Wildman–Crippen LogP) is 8.91. The van der Waals surface area contributed by atoms with Crippen molar-refractivity contribution in [3.05, 3.63) is 131 Å². The molecule has 6 unspecified atom stereocenters. The van der Waals surface area contributed by atoms with Crippen molar-refractivity contribution in [2.75, 3.05) is 16.9 Å². The molecule has 0 saturated heterocycles. The number of hydrogen-bond acceptors (Lipinski definition) is 7. The average Bonchev–Trinajstić information content (AvgIpc) is 4.26. The van der Waals surface area contributed by atoms with Crippen LogP contribution < -0.4 is 9.80 Å². The normalized spacial score (nSPS) is 23.6. The van der Waals surface area contributed by atoms with E-state index >= 15 is 0 Å². The van der Waals surface area contributed by atoms with E-state index in [9.17, 15) is 28.8 Å². The van der Waals surface area contributed by atoms with Crippen LogP contribution in [0.5, 0.6) is 0 Å². The second kappa shape index (κ2) is 19.0. The van der Waals surface area contributed by atoms with Crippen molar-refractivity contribution in [3.8, 4) is 0 Å². The van der Waals surface area contributed by atoms with Gasteiger partial charge in [0.15, 0.2) is 0 Å². The first-order valence-electron chi connectivity index (χ1n) is 23.5. The molecule has 0 spiro atoms. The molecule has 338 valence electrons. The number of rotatable bonds is 12. The van der Waals surface area contributed by atoms with Gasteiger partial charge in [-0.2, -0.15) is 0 Å². The lowest BCUT2D eigenvalue weighted by Crippen LogP contribution is -2.52. The van der Waals surface area contributed by atoms with Crippen molar-refractivity contribution in [3.63, 3.8) is 0 Å². The zero-order valence-corrected chi connectivity index (χ0v) is 37.0. The van der Waals surface area contributed by atoms with Gasteiger partial charge in [0, 0.05) is 71.3 Å². The third-order valence-electron chi connectivity index (χ3n) is 14.4. The minimum absolute atomic E-state index is 0.00331. The van der Waals surface area contributed by atoms with Crippen LogP contribution in [-0.2, 0) is 23.9 Å². The number of para-hydroxylation sites is 2. The van der Waals surface area contributed by atoms with E-state index in [2.05, 4.69) is 11.0 Å². The van der Waals surface area contributed by atoms with E-state index in [1.165, 1.54) is 7.11 Å². The SMILES string of the molecule is COC(=O)CCC(=O)N(C1CC1)C1c2ccccc2N(C(=O)c2ccccc2)C2CCCC21.O=C(O)CCC(=O)N(C1CC1)C1c2ccccc2N(C(=O)c2ccccc2)C2CCCC21. The van der Waals surface area contributed by atoms with Crippen molar-refractivity contribution >= 4 is 46.9 Å². The number of carbonyl (C=O) groups is 6. The van der Waals surface area contributed by atoms with Crippen molar-refractivity contribution in [1.82, 2.24) is 9.80 Å². The van der Waals surface area contributed by atoms with Gasteiger partial charge in [-0.15, -0.1) is 0 Å². The third-order valence-corrected chi connectivity index (χ3v) is 14.4. The van der Waals surface area contributed by atoms with Gasteiger partial charge in [-0.05, 0) is 98.9 Å². The number of methoxy groups -OCH3 is 1. The monoisotopic (exact) mass is 878 g/mol. The first-order valence-corrected chi connectivity index (χ1v) is 23.5. The number of hydrogen-bond donors (Lipinski definition) is 1. The lowest BCUT2D eigenvalue weighted by Gasteiger charge is -2.48. The molecule has 2 aliphatic heterocycles. The molecule has 6 atom stereocenters. The second-order valence-corrected chi connectivity index (χ2v) is 18.4. The molecule has 1 N–H and O–H groups in total. The number of carboxylic acids is 1. The summed E-state index contributed by atoms with van der Waals surface area (Å²) in [6.07, 6.45) is 9.87. The van der Waals surface area contributed by atoms with Crippen LogP contribution in [0, 0.1) is 11.8 Å². The van der Waals surface area contributed by atoms with Gasteiger partial charge in [-0.25, -0.2) is 0 Å². The summed E-state index contributed by atoms with van der Waals surface area (Å²) in [5, 5.41) is 9.11. The fourth-order valence-electron chi connectivity index (χ4n) is 11.4. The number of nitrogens with zero attached hydrogens (tertiary/aromatic N) is 4. The Labute approximate surface area is 380 Å². The van der Waals surface area contributed by atoms with Crippen LogP contribution in [0.25, 0.3) is 0 Å². The van der Waals surface area contributed by atoms with Gasteiger partial charge in [0.1, 0.15) is 0 Å². The van der Waals surface area contributed by atoms with Crippen molar-refractivity contribution in [2.45, 2.75) is 126 Å². The van der Waals surface area contributed by atoms with E-state index in [0.29, 0.717) is 11.1 Å². The Morgan fingerprint density at radius 3 is 1.32 bits per heavy atom. The van der Waals surface area contributed by atoms with Gasteiger partial charge < -0.3 is 29.4 Å². The summed E-state index contributed by atoms with van der Waals surface area (Å²) in [4.78, 5) is 84.7. The molecule has 10 rings (SSSR count). The molecular formula is C53H58N4O8. The van der Waals surface area contributed by atoms with E-state index in [4.69, 9.17) is 9.84 Å². The maximum Gasteiger partial charge on any atom is 0.306 e. The van der Waals surface area contributed by atoms with E-state index in [-0.39, 0.29) is 103 Å². The Morgan fingerprint density at radius 1 is 0.523 bits per heavy atom. The molecule has 2 heterocycles. The molecule has 4 saturated carbocycles. The van der Waals surface area contributed by atoms with Crippen LogP contribution >= 0.6 is 0 Å². The summed E-state index contributed by atoms with van der Waals surface area (Å²) in [7, 11) is 1.35. The van der Waals surface area contributed by atoms with Crippen molar-refractivity contribution < 1.29 is 38.6 Å². The smallest absolute Gasteiger partial charge is 0.306 e. The van der Waals surface area contributed by atoms with Gasteiger partial charge in [-0.1, -0.05) is 85.6 Å². The first kappa shape index (κ1) is 43.9. The van der Waals surface area contributed by atoms with Crippen LogP contribution in [0.15, 0.2) is 109 Å². The van der Waals surface area contributed by atoms with Crippen LogP contribution in [0.4, 0.5) is 11.4 Å². The third kappa shape index (κ3) is 8.92. The molecule has 4 fully saturated rings. The summed E-state index contributed by atoms with van der Waals surface area (Å²) in [6, 6.07) is 35.2. The number of ether oxygens (including phenoxy) is 1. The van der Waals surface area contributed by atoms with Gasteiger partial charge in [-0.3, -0.25) is 28.8 Å². The Morgan fingerprint density at radius 2 is 0.923 bits per heavy atom. The van der Waals surface area contributed by atoms with Crippen molar-refractivity contribution in [1.29, 1.82) is 0 Å². The molecule has 4 aromatic rings. The number of anilines is 2. The minimum atomic E-state index is -0.948. The lowest BCUT2D eigenvalue weighted by molar-refractivity contribution is -0.145. The molecule has 12 nitrogen and oxygen atoms in total. The Bertz CT molecular complexity index is 2420. The highest BCUT2D eigenvalue weighted by Crippen LogP contribution is 2.54. The molecular weight excluding hydrogens is 821 g/mol. The maximum absolute atomic E-state index is 13.7. The summed E-state index contributed by atoms with van der Waals surface area (Å²) >= 11 is 0. The maximum atomic E-state index is 13.7. The summed E-state index contributed by atoms with van der Waals surface area (Å²) < 4.78 is 4.76. The topological polar surface area (TPSA) is 145 Å². The minimum Gasteiger partial charge on any atom is -0.481 e. The predicted molar refractivity (Wildman–Crippen MR) is 245 cm³/mol. The number of esters is 1. The molecule has 65 heavy (non-hydrogen) atoms. The molecule has 0 radical (unpaired) electrons. The lowest BCUT2D eigenvalue weighted by atomic mass is 9.81. The first-order chi connectivity index (χ1) is 31.7. The van der Waals surface area contributed by atoms with Crippen molar-refractivity contribution in [2.24, 2.45) is 11.8 Å². The largest absolute Gasteiger partial charge is 0.481 e.